The van der Waals surface area contributed by atoms with Gasteiger partial charge in [0.05, 0.1) is 14.2 Å². The molecule has 17 heavy (non-hydrogen) atoms. The Balaban J connectivity index is 2.13. The molecule has 2 aromatic rings. The van der Waals surface area contributed by atoms with Gasteiger partial charge in [-0.15, -0.1) is 0 Å². The third kappa shape index (κ3) is 3.00. The summed E-state index contributed by atoms with van der Waals surface area (Å²) in [7, 11) is 3.33. The third-order valence-corrected chi connectivity index (χ3v) is 2.60. The SMILES string of the molecule is COc1[c]c(Cc2ccc(OC)cc2)ccc1. The second kappa shape index (κ2) is 5.39. The van der Waals surface area contributed by atoms with Crippen LogP contribution >= 0.6 is 0 Å². The van der Waals surface area contributed by atoms with Crippen LogP contribution in [0.3, 0.4) is 0 Å². The quantitative estimate of drug-likeness (QED) is 0.799. The van der Waals surface area contributed by atoms with E-state index in [0.717, 1.165) is 23.5 Å². The third-order valence-electron chi connectivity index (χ3n) is 2.60. The number of hydrogen-bond donors (Lipinski definition) is 0. The maximum atomic E-state index is 5.15. The van der Waals surface area contributed by atoms with Gasteiger partial charge >= 0.3 is 0 Å². The second-order valence-electron chi connectivity index (χ2n) is 3.77. The Bertz CT molecular complexity index is 475. The Labute approximate surface area is 102 Å². The molecule has 0 heterocycles. The van der Waals surface area contributed by atoms with Crippen LogP contribution in [-0.2, 0) is 6.42 Å². The maximum Gasteiger partial charge on any atom is 0.127 e. The van der Waals surface area contributed by atoms with Crippen LogP contribution in [0.2, 0.25) is 0 Å². The van der Waals surface area contributed by atoms with Crippen molar-refractivity contribution in [3.8, 4) is 11.5 Å². The Kier molecular flexibility index (Phi) is 3.66. The number of ether oxygens (including phenoxy) is 2. The fourth-order valence-corrected chi connectivity index (χ4v) is 1.68. The monoisotopic (exact) mass is 227 g/mol. The lowest BCUT2D eigenvalue weighted by Gasteiger charge is -2.05. The van der Waals surface area contributed by atoms with E-state index in [2.05, 4.69) is 18.2 Å². The number of benzene rings is 2. The zero-order valence-corrected chi connectivity index (χ0v) is 10.1. The normalized spacial score (nSPS) is 10.0. The lowest BCUT2D eigenvalue weighted by Crippen LogP contribution is -1.91. The highest BCUT2D eigenvalue weighted by molar-refractivity contribution is 5.33. The number of methoxy groups -OCH3 is 2. The Morgan fingerprint density at radius 1 is 0.941 bits per heavy atom. The van der Waals surface area contributed by atoms with Gasteiger partial charge in [-0.25, -0.2) is 0 Å². The molecule has 0 spiro atoms. The molecule has 2 heteroatoms. The molecule has 0 amide bonds. The van der Waals surface area contributed by atoms with E-state index >= 15 is 0 Å². The summed E-state index contributed by atoms with van der Waals surface area (Å²) in [4.78, 5) is 0. The van der Waals surface area contributed by atoms with Crippen molar-refractivity contribution < 1.29 is 9.47 Å². The van der Waals surface area contributed by atoms with Crippen LogP contribution in [0.4, 0.5) is 0 Å². The predicted octanol–water partition coefficient (Wildman–Crippen LogP) is 3.09. The molecule has 0 fully saturated rings. The highest BCUT2D eigenvalue weighted by atomic mass is 16.5. The first-order valence-electron chi connectivity index (χ1n) is 5.50. The van der Waals surface area contributed by atoms with Crippen molar-refractivity contribution in [3.63, 3.8) is 0 Å². The largest absolute Gasteiger partial charge is 0.497 e. The van der Waals surface area contributed by atoms with Crippen molar-refractivity contribution in [2.45, 2.75) is 6.42 Å². The molecule has 1 radical (unpaired) electrons. The fourth-order valence-electron chi connectivity index (χ4n) is 1.68. The molecule has 0 aromatic heterocycles. The molecule has 0 aliphatic carbocycles. The van der Waals surface area contributed by atoms with Crippen LogP contribution < -0.4 is 9.47 Å². The van der Waals surface area contributed by atoms with Gasteiger partial charge in [0.25, 0.3) is 0 Å². The van der Waals surface area contributed by atoms with Crippen LogP contribution in [0.5, 0.6) is 11.5 Å². The summed E-state index contributed by atoms with van der Waals surface area (Å²) >= 11 is 0. The van der Waals surface area contributed by atoms with Gasteiger partial charge < -0.3 is 9.47 Å². The zero-order chi connectivity index (χ0) is 12.1. The summed E-state index contributed by atoms with van der Waals surface area (Å²) in [6.45, 7) is 0. The average molecular weight is 227 g/mol. The topological polar surface area (TPSA) is 18.5 Å². The van der Waals surface area contributed by atoms with Crippen LogP contribution in [0.25, 0.3) is 0 Å². The first-order valence-corrected chi connectivity index (χ1v) is 5.50. The van der Waals surface area contributed by atoms with Crippen molar-refractivity contribution in [1.29, 1.82) is 0 Å². The summed E-state index contributed by atoms with van der Waals surface area (Å²) in [5, 5.41) is 0. The smallest absolute Gasteiger partial charge is 0.127 e. The Morgan fingerprint density at radius 3 is 2.35 bits per heavy atom. The molecule has 0 atom stereocenters. The van der Waals surface area contributed by atoms with Gasteiger partial charge in [-0.2, -0.15) is 0 Å². The van der Waals surface area contributed by atoms with Crippen molar-refractivity contribution in [3.05, 3.63) is 59.7 Å². The van der Waals surface area contributed by atoms with Gasteiger partial charge in [-0.05, 0) is 35.7 Å². The van der Waals surface area contributed by atoms with E-state index in [1.54, 1.807) is 14.2 Å². The summed E-state index contributed by atoms with van der Waals surface area (Å²) in [5.74, 6) is 1.65. The standard InChI is InChI=1S/C15H15O2/c1-16-14-8-6-12(7-9-14)10-13-4-3-5-15(11-13)17-2/h3-9H,10H2,1-2H3. The highest BCUT2D eigenvalue weighted by Gasteiger charge is 1.99. The zero-order valence-electron chi connectivity index (χ0n) is 10.1. The van der Waals surface area contributed by atoms with Crippen LogP contribution in [0, 0.1) is 6.07 Å². The predicted molar refractivity (Wildman–Crippen MR) is 67.6 cm³/mol. The van der Waals surface area contributed by atoms with Crippen molar-refractivity contribution >= 4 is 0 Å². The van der Waals surface area contributed by atoms with E-state index in [4.69, 9.17) is 9.47 Å². The molecule has 0 unspecified atom stereocenters. The van der Waals surface area contributed by atoms with Crippen molar-refractivity contribution in [1.82, 2.24) is 0 Å². The fraction of sp³-hybridized carbons (Fsp3) is 0.200. The molecule has 2 aromatic carbocycles. The molecule has 0 aliphatic heterocycles. The minimum absolute atomic E-state index is 0.774. The molecule has 0 aliphatic rings. The number of hydrogen-bond acceptors (Lipinski definition) is 2. The molecular formula is C15H15O2. The van der Waals surface area contributed by atoms with Crippen LogP contribution in [0.1, 0.15) is 11.1 Å². The lowest BCUT2D eigenvalue weighted by molar-refractivity contribution is 0.413. The maximum absolute atomic E-state index is 5.15. The summed E-state index contributed by atoms with van der Waals surface area (Å²) in [5.41, 5.74) is 2.35. The van der Waals surface area contributed by atoms with Gasteiger partial charge in [-0.3, -0.25) is 0 Å². The van der Waals surface area contributed by atoms with Crippen LogP contribution in [-0.4, -0.2) is 14.2 Å². The van der Waals surface area contributed by atoms with Gasteiger partial charge in [0.15, 0.2) is 0 Å². The van der Waals surface area contributed by atoms with Crippen molar-refractivity contribution in [2.75, 3.05) is 14.2 Å². The molecule has 0 saturated carbocycles. The molecule has 0 bridgehead atoms. The van der Waals surface area contributed by atoms with E-state index in [1.807, 2.05) is 30.3 Å². The van der Waals surface area contributed by atoms with E-state index in [0.29, 0.717) is 0 Å². The number of rotatable bonds is 4. The van der Waals surface area contributed by atoms with Gasteiger partial charge in [0.1, 0.15) is 11.5 Å². The van der Waals surface area contributed by atoms with E-state index in [1.165, 1.54) is 5.56 Å². The first-order chi connectivity index (χ1) is 8.31. The first kappa shape index (κ1) is 11.5. The molecule has 87 valence electrons. The van der Waals surface area contributed by atoms with Gasteiger partial charge in [0, 0.05) is 6.07 Å². The van der Waals surface area contributed by atoms with Crippen LogP contribution in [0.15, 0.2) is 42.5 Å². The molecule has 0 N–H and O–H groups in total. The second-order valence-corrected chi connectivity index (χ2v) is 3.77. The van der Waals surface area contributed by atoms with E-state index < -0.39 is 0 Å². The summed E-state index contributed by atoms with van der Waals surface area (Å²) in [6, 6.07) is 17.2. The Hall–Kier alpha value is -1.96. The summed E-state index contributed by atoms with van der Waals surface area (Å²) < 4.78 is 10.3. The lowest BCUT2D eigenvalue weighted by atomic mass is 10.0. The van der Waals surface area contributed by atoms with Gasteiger partial charge in [0.2, 0.25) is 0 Å². The summed E-state index contributed by atoms with van der Waals surface area (Å²) in [6.07, 6.45) is 0.848. The minimum atomic E-state index is 0.774. The van der Waals surface area contributed by atoms with Crippen molar-refractivity contribution in [2.24, 2.45) is 0 Å². The van der Waals surface area contributed by atoms with E-state index in [-0.39, 0.29) is 0 Å². The van der Waals surface area contributed by atoms with Gasteiger partial charge in [-0.1, -0.05) is 24.3 Å². The van der Waals surface area contributed by atoms with E-state index in [9.17, 15) is 0 Å². The molecule has 0 saturated heterocycles. The average Bonchev–Trinajstić information content (AvgIpc) is 2.40. The highest BCUT2D eigenvalue weighted by Crippen LogP contribution is 2.17. The molecular weight excluding hydrogens is 212 g/mol. The molecule has 2 nitrogen and oxygen atoms in total. The Morgan fingerprint density at radius 2 is 1.71 bits per heavy atom. The minimum Gasteiger partial charge on any atom is -0.497 e. The molecule has 2 rings (SSSR count).